The molecule has 0 spiro atoms. The number of hydrogen-bond acceptors (Lipinski definition) is 2. The number of hydrogen-bond donors (Lipinski definition) is 0. The van der Waals surface area contributed by atoms with Gasteiger partial charge in [-0.25, -0.2) is 17.6 Å². The maximum absolute atomic E-state index is 14.1. The van der Waals surface area contributed by atoms with E-state index in [0.717, 1.165) is 0 Å². The predicted molar refractivity (Wildman–Crippen MR) is 75.1 cm³/mol. The molecule has 0 aliphatic carbocycles. The Morgan fingerprint density at radius 1 is 0.870 bits per heavy atom. The molecular formula is C13H12F7IO2. The molecule has 0 radical (unpaired) electrons. The van der Waals surface area contributed by atoms with Crippen LogP contribution < -0.4 is 0 Å². The lowest BCUT2D eigenvalue weighted by Crippen LogP contribution is -2.31. The smallest absolute Gasteiger partial charge is 0.381 e. The Bertz CT molecular complexity index is 537. The third-order valence-corrected chi connectivity index (χ3v) is 4.24. The predicted octanol–water partition coefficient (Wildman–Crippen LogP) is 5.14. The van der Waals surface area contributed by atoms with Crippen molar-refractivity contribution in [3.8, 4) is 0 Å². The quantitative estimate of drug-likeness (QED) is 0.345. The fourth-order valence-electron chi connectivity index (χ4n) is 2.24. The molecule has 23 heavy (non-hydrogen) atoms. The van der Waals surface area contributed by atoms with Gasteiger partial charge in [0.05, 0.1) is 12.2 Å². The molecule has 0 N–H and O–H groups in total. The SMILES string of the molecule is COC(C)C(c1c(F)c(F)c(C(F)(F)F)c(F)c1F)C(C)OI. The number of benzene rings is 1. The van der Waals surface area contributed by atoms with Crippen molar-refractivity contribution in [3.05, 3.63) is 34.4 Å². The summed E-state index contributed by atoms with van der Waals surface area (Å²) in [4.78, 5) is 0. The van der Waals surface area contributed by atoms with E-state index < -0.39 is 58.7 Å². The van der Waals surface area contributed by atoms with E-state index in [1.807, 2.05) is 0 Å². The summed E-state index contributed by atoms with van der Waals surface area (Å²) in [6.45, 7) is 2.67. The van der Waals surface area contributed by atoms with Gasteiger partial charge in [0.1, 0.15) is 28.6 Å². The Balaban J connectivity index is 3.72. The molecule has 0 fully saturated rings. The van der Waals surface area contributed by atoms with E-state index in [1.165, 1.54) is 44.0 Å². The summed E-state index contributed by atoms with van der Waals surface area (Å²) >= 11 is 1.40. The Morgan fingerprint density at radius 2 is 1.30 bits per heavy atom. The molecule has 0 aromatic heterocycles. The highest BCUT2D eigenvalue weighted by Gasteiger charge is 2.44. The van der Waals surface area contributed by atoms with Gasteiger partial charge in [-0.15, -0.1) is 0 Å². The largest absolute Gasteiger partial charge is 0.422 e. The maximum Gasteiger partial charge on any atom is 0.422 e. The molecule has 132 valence electrons. The summed E-state index contributed by atoms with van der Waals surface area (Å²) in [5.74, 6) is -10.6. The first-order chi connectivity index (χ1) is 10.5. The third-order valence-electron chi connectivity index (χ3n) is 3.44. The molecule has 1 aromatic carbocycles. The average Bonchev–Trinajstić information content (AvgIpc) is 2.46. The normalized spacial score (nSPS) is 16.3. The lowest BCUT2D eigenvalue weighted by molar-refractivity contribution is -0.143. The van der Waals surface area contributed by atoms with E-state index in [0.29, 0.717) is 0 Å². The Hall–Kier alpha value is -0.620. The third kappa shape index (κ3) is 3.90. The van der Waals surface area contributed by atoms with Gasteiger partial charge < -0.3 is 7.80 Å². The van der Waals surface area contributed by atoms with Crippen molar-refractivity contribution in [1.29, 1.82) is 0 Å². The summed E-state index contributed by atoms with van der Waals surface area (Å²) in [5.41, 5.74) is -3.80. The second-order valence-corrected chi connectivity index (χ2v) is 5.31. The average molecular weight is 460 g/mol. The lowest BCUT2D eigenvalue weighted by atomic mass is 9.87. The van der Waals surface area contributed by atoms with Crippen molar-refractivity contribution in [3.63, 3.8) is 0 Å². The van der Waals surface area contributed by atoms with Crippen molar-refractivity contribution >= 4 is 23.0 Å². The van der Waals surface area contributed by atoms with Crippen LogP contribution in [0.3, 0.4) is 0 Å². The first-order valence-electron chi connectivity index (χ1n) is 6.22. The maximum atomic E-state index is 14.1. The summed E-state index contributed by atoms with van der Waals surface area (Å²) < 4.78 is 103. The summed E-state index contributed by atoms with van der Waals surface area (Å²) in [7, 11) is 1.17. The topological polar surface area (TPSA) is 18.5 Å². The second-order valence-electron chi connectivity index (χ2n) is 4.80. The van der Waals surface area contributed by atoms with E-state index >= 15 is 0 Å². The van der Waals surface area contributed by atoms with Gasteiger partial charge in [-0.2, -0.15) is 13.2 Å². The fourth-order valence-corrected chi connectivity index (χ4v) is 2.56. The highest BCUT2D eigenvalue weighted by molar-refractivity contribution is 14.1. The van der Waals surface area contributed by atoms with Crippen LogP contribution in [0.4, 0.5) is 30.7 Å². The minimum Gasteiger partial charge on any atom is -0.381 e. The van der Waals surface area contributed by atoms with Crippen molar-refractivity contribution in [1.82, 2.24) is 0 Å². The van der Waals surface area contributed by atoms with E-state index in [9.17, 15) is 30.7 Å². The minimum absolute atomic E-state index is 0.987. The van der Waals surface area contributed by atoms with Crippen LogP contribution in [0, 0.1) is 23.3 Å². The molecule has 0 aliphatic heterocycles. The molecule has 0 bridgehead atoms. The zero-order valence-corrected chi connectivity index (χ0v) is 14.2. The van der Waals surface area contributed by atoms with Crippen molar-refractivity contribution in [2.75, 3.05) is 7.11 Å². The second kappa shape index (κ2) is 7.51. The van der Waals surface area contributed by atoms with Crippen LogP contribution in [-0.4, -0.2) is 19.3 Å². The molecule has 2 nitrogen and oxygen atoms in total. The number of ether oxygens (including phenoxy) is 1. The first-order valence-corrected chi connectivity index (χ1v) is 7.10. The van der Waals surface area contributed by atoms with Crippen LogP contribution in [0.25, 0.3) is 0 Å². The molecule has 0 amide bonds. The standard InChI is InChI=1S/C13H12F7IO2/c1-4(22-3)6(5(2)23-21)7-9(14)11(16)8(13(18,19)20)12(17)10(7)15/h4-6H,1-3H3. The summed E-state index contributed by atoms with van der Waals surface area (Å²) in [6, 6.07) is 0. The summed E-state index contributed by atoms with van der Waals surface area (Å²) in [5, 5.41) is 0. The zero-order chi connectivity index (χ0) is 18.1. The lowest BCUT2D eigenvalue weighted by Gasteiger charge is -2.28. The van der Waals surface area contributed by atoms with Gasteiger partial charge in [-0.1, -0.05) is 0 Å². The number of methoxy groups -OCH3 is 1. The van der Waals surface area contributed by atoms with E-state index in [1.54, 1.807) is 0 Å². The molecule has 0 heterocycles. The van der Waals surface area contributed by atoms with Gasteiger partial charge in [0.15, 0.2) is 23.3 Å². The molecular weight excluding hydrogens is 448 g/mol. The zero-order valence-electron chi connectivity index (χ0n) is 12.1. The van der Waals surface area contributed by atoms with Crippen LogP contribution in [0.1, 0.15) is 30.9 Å². The summed E-state index contributed by atoms with van der Waals surface area (Å²) in [6.07, 6.45) is -7.56. The van der Waals surface area contributed by atoms with Crippen LogP contribution in [0.15, 0.2) is 0 Å². The molecule has 0 saturated carbocycles. The van der Waals surface area contributed by atoms with Gasteiger partial charge in [0.25, 0.3) is 0 Å². The molecule has 0 aliphatic rings. The fraction of sp³-hybridized carbons (Fsp3) is 0.538. The first kappa shape index (κ1) is 20.4. The van der Waals surface area contributed by atoms with Crippen molar-refractivity contribution in [2.24, 2.45) is 0 Å². The van der Waals surface area contributed by atoms with Gasteiger partial charge in [-0.3, -0.25) is 0 Å². The molecule has 1 aromatic rings. The monoisotopic (exact) mass is 460 g/mol. The van der Waals surface area contributed by atoms with Gasteiger partial charge in [0.2, 0.25) is 0 Å². The van der Waals surface area contributed by atoms with Gasteiger partial charge in [-0.05, 0) is 13.8 Å². The number of alkyl halides is 3. The highest BCUT2D eigenvalue weighted by atomic mass is 127. The Kier molecular flexibility index (Phi) is 6.67. The minimum atomic E-state index is -5.58. The molecule has 1 rings (SSSR count). The molecule has 3 unspecified atom stereocenters. The number of halogens is 8. The number of rotatable bonds is 5. The van der Waals surface area contributed by atoms with Crippen LogP contribution >= 0.6 is 23.0 Å². The van der Waals surface area contributed by atoms with Crippen LogP contribution in [0.2, 0.25) is 0 Å². The Labute approximate surface area is 141 Å². The van der Waals surface area contributed by atoms with Gasteiger partial charge in [0, 0.05) is 18.6 Å². The van der Waals surface area contributed by atoms with Gasteiger partial charge >= 0.3 is 6.18 Å². The van der Waals surface area contributed by atoms with Crippen molar-refractivity contribution in [2.45, 2.75) is 38.1 Å². The van der Waals surface area contributed by atoms with E-state index in [-0.39, 0.29) is 0 Å². The Morgan fingerprint density at radius 3 is 1.61 bits per heavy atom. The molecule has 10 heteroatoms. The van der Waals surface area contributed by atoms with Crippen molar-refractivity contribution < 1.29 is 38.5 Å². The van der Waals surface area contributed by atoms with Crippen LogP contribution in [0.5, 0.6) is 0 Å². The highest BCUT2D eigenvalue weighted by Crippen LogP contribution is 2.40. The molecule has 3 atom stereocenters. The van der Waals surface area contributed by atoms with E-state index in [4.69, 9.17) is 7.80 Å². The molecule has 0 saturated heterocycles. The van der Waals surface area contributed by atoms with E-state index in [2.05, 4.69) is 0 Å². The van der Waals surface area contributed by atoms with Crippen LogP contribution in [-0.2, 0) is 14.0 Å².